The highest BCUT2D eigenvalue weighted by Crippen LogP contribution is 2.26. The lowest BCUT2D eigenvalue weighted by molar-refractivity contribution is -0.129. The summed E-state index contributed by atoms with van der Waals surface area (Å²) in [6, 6.07) is 1.95. The lowest BCUT2D eigenvalue weighted by atomic mass is 9.97. The van der Waals surface area contributed by atoms with Crippen molar-refractivity contribution in [3.63, 3.8) is 0 Å². The van der Waals surface area contributed by atoms with Crippen LogP contribution in [0.25, 0.3) is 10.6 Å². The van der Waals surface area contributed by atoms with Gasteiger partial charge in [0.05, 0.1) is 0 Å². The first kappa shape index (κ1) is 18.8. The van der Waals surface area contributed by atoms with Gasteiger partial charge in [-0.05, 0) is 50.5 Å². The maximum absolute atomic E-state index is 12.2. The highest BCUT2D eigenvalue weighted by molar-refractivity contribution is 7.14. The van der Waals surface area contributed by atoms with E-state index in [4.69, 9.17) is 4.74 Å². The molecule has 26 heavy (non-hydrogen) atoms. The number of thiophene rings is 1. The predicted molar refractivity (Wildman–Crippen MR) is 104 cm³/mol. The number of aromatic nitrogens is 1. The van der Waals surface area contributed by atoms with Crippen LogP contribution in [0.1, 0.15) is 49.5 Å². The fourth-order valence-electron chi connectivity index (χ4n) is 2.78. The standard InChI is InChI=1S/C19H22N2O3S2/c1-13(17(22)20-9-7-14-5-3-2-4-6-14)24-19(23)16-12-26-18(21-16)15-8-10-25-11-15/h5,8,10-13H,2-4,6-7,9H2,1H3,(H,20,22). The fourth-order valence-corrected chi connectivity index (χ4v) is 4.28. The Kier molecular flexibility index (Phi) is 6.57. The lowest BCUT2D eigenvalue weighted by Gasteiger charge is -2.15. The molecule has 0 bridgehead atoms. The molecule has 0 spiro atoms. The normalized spacial score (nSPS) is 15.2. The molecular weight excluding hydrogens is 368 g/mol. The molecule has 0 aliphatic heterocycles. The van der Waals surface area contributed by atoms with Crippen LogP contribution in [-0.2, 0) is 9.53 Å². The maximum atomic E-state index is 12.2. The third-order valence-corrected chi connectivity index (χ3v) is 5.84. The molecule has 7 heteroatoms. The number of nitrogens with one attached hydrogen (secondary N) is 1. The van der Waals surface area contributed by atoms with E-state index in [0.29, 0.717) is 6.54 Å². The molecule has 2 aromatic heterocycles. The third kappa shape index (κ3) is 5.02. The van der Waals surface area contributed by atoms with Crippen molar-refractivity contribution in [2.45, 2.75) is 45.1 Å². The zero-order chi connectivity index (χ0) is 18.4. The summed E-state index contributed by atoms with van der Waals surface area (Å²) in [6.45, 7) is 2.16. The number of esters is 1. The molecule has 1 amide bonds. The second-order valence-corrected chi connectivity index (χ2v) is 7.88. The molecule has 0 saturated carbocycles. The van der Waals surface area contributed by atoms with Gasteiger partial charge < -0.3 is 10.1 Å². The van der Waals surface area contributed by atoms with Gasteiger partial charge >= 0.3 is 5.97 Å². The molecular formula is C19H22N2O3S2. The van der Waals surface area contributed by atoms with E-state index in [1.54, 1.807) is 23.6 Å². The molecule has 2 heterocycles. The second kappa shape index (κ2) is 9.09. The van der Waals surface area contributed by atoms with E-state index >= 15 is 0 Å². The SMILES string of the molecule is CC(OC(=O)c1csc(-c2ccsc2)n1)C(=O)NCCC1=CCCCC1. The minimum Gasteiger partial charge on any atom is -0.448 e. The highest BCUT2D eigenvalue weighted by Gasteiger charge is 2.21. The number of allylic oxidation sites excluding steroid dienone is 1. The Morgan fingerprint density at radius 2 is 2.23 bits per heavy atom. The van der Waals surface area contributed by atoms with Gasteiger partial charge in [-0.2, -0.15) is 11.3 Å². The summed E-state index contributed by atoms with van der Waals surface area (Å²) in [6.07, 6.45) is 7.04. The Balaban J connectivity index is 1.46. The average Bonchev–Trinajstić information content (AvgIpc) is 3.34. The Hall–Kier alpha value is -1.99. The van der Waals surface area contributed by atoms with Gasteiger partial charge in [-0.25, -0.2) is 9.78 Å². The van der Waals surface area contributed by atoms with Crippen molar-refractivity contribution in [3.8, 4) is 10.6 Å². The second-order valence-electron chi connectivity index (χ2n) is 6.25. The Labute approximate surface area is 161 Å². The van der Waals surface area contributed by atoms with Crippen molar-refractivity contribution in [2.75, 3.05) is 6.54 Å². The summed E-state index contributed by atoms with van der Waals surface area (Å²) >= 11 is 2.97. The van der Waals surface area contributed by atoms with Crippen LogP contribution in [0.5, 0.6) is 0 Å². The minimum absolute atomic E-state index is 0.239. The molecule has 0 radical (unpaired) electrons. The van der Waals surface area contributed by atoms with E-state index in [2.05, 4.69) is 16.4 Å². The molecule has 1 unspecified atom stereocenters. The van der Waals surface area contributed by atoms with E-state index < -0.39 is 12.1 Å². The minimum atomic E-state index is -0.839. The van der Waals surface area contributed by atoms with Gasteiger partial charge in [0.2, 0.25) is 0 Å². The van der Waals surface area contributed by atoms with Gasteiger partial charge in [-0.1, -0.05) is 11.6 Å². The van der Waals surface area contributed by atoms with Gasteiger partial charge in [0, 0.05) is 22.9 Å². The van der Waals surface area contributed by atoms with Crippen LogP contribution >= 0.6 is 22.7 Å². The van der Waals surface area contributed by atoms with Crippen LogP contribution in [-0.4, -0.2) is 29.5 Å². The van der Waals surface area contributed by atoms with Gasteiger partial charge in [0.15, 0.2) is 11.8 Å². The van der Waals surface area contributed by atoms with Crippen molar-refractivity contribution in [2.24, 2.45) is 0 Å². The number of rotatable bonds is 7. The first-order chi connectivity index (χ1) is 12.6. The van der Waals surface area contributed by atoms with E-state index in [-0.39, 0.29) is 11.6 Å². The third-order valence-electron chi connectivity index (χ3n) is 4.26. The molecule has 138 valence electrons. The fraction of sp³-hybridized carbons (Fsp3) is 0.421. The van der Waals surface area contributed by atoms with Crippen LogP contribution in [0.15, 0.2) is 33.9 Å². The van der Waals surface area contributed by atoms with Crippen LogP contribution in [0, 0.1) is 0 Å². The van der Waals surface area contributed by atoms with Crippen LogP contribution in [0.3, 0.4) is 0 Å². The van der Waals surface area contributed by atoms with Gasteiger partial charge in [0.1, 0.15) is 5.01 Å². The molecule has 2 aromatic rings. The van der Waals surface area contributed by atoms with E-state index in [1.807, 2.05) is 16.8 Å². The smallest absolute Gasteiger partial charge is 0.358 e. The Bertz CT molecular complexity index is 781. The highest BCUT2D eigenvalue weighted by atomic mass is 32.1. The predicted octanol–water partition coefficient (Wildman–Crippen LogP) is 4.42. The molecule has 5 nitrogen and oxygen atoms in total. The number of hydrogen-bond acceptors (Lipinski definition) is 6. The number of thiazole rings is 1. The molecule has 0 aromatic carbocycles. The first-order valence-corrected chi connectivity index (χ1v) is 10.6. The van der Waals surface area contributed by atoms with Crippen LogP contribution in [0.2, 0.25) is 0 Å². The number of nitrogens with zero attached hydrogens (tertiary/aromatic N) is 1. The average molecular weight is 391 g/mol. The Morgan fingerprint density at radius 3 is 2.96 bits per heavy atom. The van der Waals surface area contributed by atoms with E-state index in [0.717, 1.165) is 29.8 Å². The molecule has 0 fully saturated rings. The molecule has 0 saturated heterocycles. The molecule has 1 aliphatic carbocycles. The summed E-state index contributed by atoms with van der Waals surface area (Å²) < 4.78 is 5.25. The van der Waals surface area contributed by atoms with Crippen molar-refractivity contribution in [3.05, 3.63) is 39.5 Å². The number of hydrogen-bond donors (Lipinski definition) is 1. The monoisotopic (exact) mass is 390 g/mol. The van der Waals surface area contributed by atoms with Crippen molar-refractivity contribution in [1.29, 1.82) is 0 Å². The lowest BCUT2D eigenvalue weighted by Crippen LogP contribution is -2.36. The number of carbonyl (C=O) groups excluding carboxylic acids is 2. The van der Waals surface area contributed by atoms with Crippen molar-refractivity contribution in [1.82, 2.24) is 10.3 Å². The van der Waals surface area contributed by atoms with Gasteiger partial charge in [-0.3, -0.25) is 4.79 Å². The summed E-state index contributed by atoms with van der Waals surface area (Å²) in [7, 11) is 0. The van der Waals surface area contributed by atoms with Gasteiger partial charge in [-0.15, -0.1) is 11.3 Å². The van der Waals surface area contributed by atoms with E-state index in [1.165, 1.54) is 29.8 Å². The number of amides is 1. The largest absolute Gasteiger partial charge is 0.448 e. The molecule has 1 atom stereocenters. The summed E-state index contributed by atoms with van der Waals surface area (Å²) in [5.74, 6) is -0.844. The van der Waals surface area contributed by atoms with Gasteiger partial charge in [0.25, 0.3) is 5.91 Å². The number of carbonyl (C=O) groups is 2. The van der Waals surface area contributed by atoms with Crippen molar-refractivity contribution < 1.29 is 14.3 Å². The summed E-state index contributed by atoms with van der Waals surface area (Å²) in [5.41, 5.74) is 2.63. The topological polar surface area (TPSA) is 68.3 Å². The van der Waals surface area contributed by atoms with Crippen LogP contribution < -0.4 is 5.32 Å². The zero-order valence-electron chi connectivity index (χ0n) is 14.7. The van der Waals surface area contributed by atoms with Crippen LogP contribution in [0.4, 0.5) is 0 Å². The maximum Gasteiger partial charge on any atom is 0.358 e. The molecule has 1 N–H and O–H groups in total. The van der Waals surface area contributed by atoms with Crippen molar-refractivity contribution >= 4 is 34.6 Å². The molecule has 3 rings (SSSR count). The molecule has 1 aliphatic rings. The number of ether oxygens (including phenoxy) is 1. The quantitative estimate of drug-likeness (QED) is 0.561. The first-order valence-electron chi connectivity index (χ1n) is 8.78. The summed E-state index contributed by atoms with van der Waals surface area (Å²) in [4.78, 5) is 28.6. The Morgan fingerprint density at radius 1 is 1.35 bits per heavy atom. The zero-order valence-corrected chi connectivity index (χ0v) is 16.3. The summed E-state index contributed by atoms with van der Waals surface area (Å²) in [5, 5.41) is 9.22. The van der Waals surface area contributed by atoms with E-state index in [9.17, 15) is 9.59 Å².